The molecule has 1 atom stereocenters. The van der Waals surface area contributed by atoms with Crippen molar-refractivity contribution in [3.63, 3.8) is 0 Å². The minimum absolute atomic E-state index is 0.0199. The van der Waals surface area contributed by atoms with Crippen LogP contribution in [0.25, 0.3) is 11.1 Å². The zero-order chi connectivity index (χ0) is 28.3. The molecular weight excluding hydrogens is 512 g/mol. The van der Waals surface area contributed by atoms with E-state index >= 15 is 0 Å². The van der Waals surface area contributed by atoms with Crippen molar-refractivity contribution in [3.05, 3.63) is 59.5 Å². The molecule has 39 heavy (non-hydrogen) atoms. The highest BCUT2D eigenvalue weighted by Gasteiger charge is 2.63. The predicted octanol–water partition coefficient (Wildman–Crippen LogP) is 1.42. The van der Waals surface area contributed by atoms with E-state index in [1.54, 1.807) is 30.3 Å². The number of carbonyl (C=O) groups excluding carboxylic acids is 4. The number of rotatable bonds is 6. The van der Waals surface area contributed by atoms with Gasteiger partial charge in [-0.1, -0.05) is 6.07 Å². The number of amides is 4. The summed E-state index contributed by atoms with van der Waals surface area (Å²) in [6.45, 7) is 3.99. The van der Waals surface area contributed by atoms with Crippen LogP contribution in [0.3, 0.4) is 0 Å². The van der Waals surface area contributed by atoms with Crippen molar-refractivity contribution in [2.75, 3.05) is 13.7 Å². The number of hydrogen-bond acceptors (Lipinski definition) is 10. The summed E-state index contributed by atoms with van der Waals surface area (Å²) in [5.74, 6) is -2.41. The monoisotopic (exact) mass is 538 g/mol. The van der Waals surface area contributed by atoms with Crippen LogP contribution in [0.1, 0.15) is 42.5 Å². The van der Waals surface area contributed by atoms with Crippen LogP contribution >= 0.6 is 0 Å². The Labute approximate surface area is 221 Å². The number of fused-ring (bicyclic) bond motifs is 2. The third-order valence-electron chi connectivity index (χ3n) is 6.56. The van der Waals surface area contributed by atoms with Gasteiger partial charge in [0.25, 0.3) is 11.8 Å². The number of methoxy groups -OCH3 is 1. The average molecular weight is 539 g/mol. The van der Waals surface area contributed by atoms with Gasteiger partial charge in [0.2, 0.25) is 0 Å². The van der Waals surface area contributed by atoms with Crippen LogP contribution in [0.15, 0.2) is 47.0 Å². The number of aliphatic hydroxyl groups is 2. The van der Waals surface area contributed by atoms with E-state index in [0.717, 1.165) is 0 Å². The van der Waals surface area contributed by atoms with E-state index in [0.29, 0.717) is 22.4 Å². The molecule has 0 bridgehead atoms. The molecule has 0 radical (unpaired) electrons. The lowest BCUT2D eigenvalue weighted by atomic mass is 9.95. The van der Waals surface area contributed by atoms with Crippen molar-refractivity contribution in [3.8, 4) is 5.75 Å². The minimum Gasteiger partial charge on any atom is -0.497 e. The van der Waals surface area contributed by atoms with Gasteiger partial charge in [0.1, 0.15) is 17.0 Å². The number of esters is 1. The van der Waals surface area contributed by atoms with Crippen LogP contribution in [0, 0.1) is 5.41 Å². The molecule has 2 aliphatic heterocycles. The van der Waals surface area contributed by atoms with E-state index in [1.165, 1.54) is 45.0 Å². The van der Waals surface area contributed by atoms with Gasteiger partial charge in [-0.05, 0) is 50.6 Å². The SMILES string of the molecule is COc1ccc2c(c1)C(=O)N(C[C@@]1(c3cc4ncccc4o3)NC(=O)N(C(O)(O)OC(=O)C(C)(C)C)C1=O)C2. The van der Waals surface area contributed by atoms with Crippen molar-refractivity contribution in [2.24, 2.45) is 5.41 Å². The standard InChI is InChI=1S/C26H26N4O9/c1-24(2,3)22(33)39-26(35,36)30-21(32)25(28-23(30)34,19-11-17-18(38-19)6-5-9-27-17)13-29-12-14-7-8-15(37-4)10-16(14)20(29)31/h5-11,35-36H,12-13H2,1-4H3,(H,28,34)/t25-/m0/s1. The maximum atomic E-state index is 14.0. The molecule has 3 N–H and O–H groups in total. The number of benzene rings is 1. The summed E-state index contributed by atoms with van der Waals surface area (Å²) in [5, 5.41) is 23.7. The van der Waals surface area contributed by atoms with E-state index in [2.05, 4.69) is 10.3 Å². The molecule has 13 heteroatoms. The number of ether oxygens (including phenoxy) is 2. The second-order valence-corrected chi connectivity index (χ2v) is 10.4. The maximum absolute atomic E-state index is 14.0. The van der Waals surface area contributed by atoms with Gasteiger partial charge in [-0.3, -0.25) is 19.4 Å². The van der Waals surface area contributed by atoms with Crippen LogP contribution in [0.4, 0.5) is 4.79 Å². The number of imide groups is 1. The molecule has 2 aromatic heterocycles. The quantitative estimate of drug-likeness (QED) is 0.237. The Morgan fingerprint density at radius 2 is 1.92 bits per heavy atom. The number of urea groups is 1. The smallest absolute Gasteiger partial charge is 0.431 e. The molecule has 1 aromatic carbocycles. The highest BCUT2D eigenvalue weighted by Crippen LogP contribution is 2.38. The first-order valence-electron chi connectivity index (χ1n) is 11.9. The Kier molecular flexibility index (Phi) is 5.88. The average Bonchev–Trinajstić information content (AvgIpc) is 3.51. The molecular formula is C26H26N4O9. The van der Waals surface area contributed by atoms with Gasteiger partial charge in [-0.15, -0.1) is 0 Å². The normalized spacial score (nSPS) is 19.5. The number of hydrogen-bond donors (Lipinski definition) is 3. The Morgan fingerprint density at radius 1 is 1.18 bits per heavy atom. The van der Waals surface area contributed by atoms with Crippen molar-refractivity contribution in [2.45, 2.75) is 39.0 Å². The Hall–Kier alpha value is -4.49. The molecule has 1 fully saturated rings. The van der Waals surface area contributed by atoms with Gasteiger partial charge in [-0.2, -0.15) is 4.90 Å². The molecule has 1 saturated heterocycles. The number of nitrogens with one attached hydrogen (secondary N) is 1. The third-order valence-corrected chi connectivity index (χ3v) is 6.56. The molecule has 3 aromatic rings. The lowest BCUT2D eigenvalue weighted by molar-refractivity contribution is -0.372. The zero-order valence-electron chi connectivity index (χ0n) is 21.5. The van der Waals surface area contributed by atoms with Crippen molar-refractivity contribution < 1.29 is 43.3 Å². The van der Waals surface area contributed by atoms with Crippen molar-refractivity contribution in [1.82, 2.24) is 20.1 Å². The topological polar surface area (TPSA) is 172 Å². The number of nitrogens with zero attached hydrogens (tertiary/aromatic N) is 3. The van der Waals surface area contributed by atoms with Crippen molar-refractivity contribution in [1.29, 1.82) is 0 Å². The Balaban J connectivity index is 1.56. The van der Waals surface area contributed by atoms with E-state index in [-0.39, 0.29) is 22.8 Å². The third kappa shape index (κ3) is 4.25. The summed E-state index contributed by atoms with van der Waals surface area (Å²) in [7, 11) is 1.47. The Bertz CT molecular complexity index is 1490. The minimum atomic E-state index is -3.64. The van der Waals surface area contributed by atoms with Gasteiger partial charge < -0.3 is 34.3 Å². The van der Waals surface area contributed by atoms with Crippen LogP contribution in [-0.2, 0) is 26.4 Å². The van der Waals surface area contributed by atoms with E-state index in [9.17, 15) is 29.4 Å². The molecule has 0 spiro atoms. The van der Waals surface area contributed by atoms with Crippen LogP contribution in [-0.4, -0.2) is 68.6 Å². The molecule has 4 heterocycles. The highest BCUT2D eigenvalue weighted by molar-refractivity contribution is 6.09. The van der Waals surface area contributed by atoms with E-state index < -0.39 is 47.4 Å². The number of furan rings is 1. The van der Waals surface area contributed by atoms with Gasteiger partial charge in [0.05, 0.1) is 19.1 Å². The van der Waals surface area contributed by atoms with E-state index in [1.807, 2.05) is 0 Å². The lowest BCUT2D eigenvalue weighted by Crippen LogP contribution is -2.58. The maximum Gasteiger partial charge on any atom is 0.431 e. The lowest BCUT2D eigenvalue weighted by Gasteiger charge is -2.32. The molecule has 4 amide bonds. The summed E-state index contributed by atoms with van der Waals surface area (Å²) in [6.07, 6.45) is -2.13. The number of pyridine rings is 1. The first-order chi connectivity index (χ1) is 18.3. The fourth-order valence-electron chi connectivity index (χ4n) is 4.48. The van der Waals surface area contributed by atoms with Crippen molar-refractivity contribution >= 4 is 34.9 Å². The fraction of sp³-hybridized carbons (Fsp3) is 0.346. The van der Waals surface area contributed by atoms with Gasteiger partial charge >= 0.3 is 18.1 Å². The fourth-order valence-corrected chi connectivity index (χ4v) is 4.48. The predicted molar refractivity (Wildman–Crippen MR) is 132 cm³/mol. The highest BCUT2D eigenvalue weighted by atomic mass is 16.8. The molecule has 13 nitrogen and oxygen atoms in total. The zero-order valence-corrected chi connectivity index (χ0v) is 21.5. The van der Waals surface area contributed by atoms with Crippen LogP contribution < -0.4 is 10.1 Å². The largest absolute Gasteiger partial charge is 0.497 e. The summed E-state index contributed by atoms with van der Waals surface area (Å²) in [6, 6.07) is 8.29. The first kappa shape index (κ1) is 26.1. The summed E-state index contributed by atoms with van der Waals surface area (Å²) < 4.78 is 15.8. The summed E-state index contributed by atoms with van der Waals surface area (Å²) in [5.41, 5.74) is -1.66. The molecule has 0 saturated carbocycles. The molecule has 0 aliphatic carbocycles. The molecule has 0 unspecified atom stereocenters. The number of aromatic nitrogens is 1. The Morgan fingerprint density at radius 3 is 2.59 bits per heavy atom. The van der Waals surface area contributed by atoms with Crippen LogP contribution in [0.2, 0.25) is 0 Å². The van der Waals surface area contributed by atoms with Crippen LogP contribution in [0.5, 0.6) is 5.75 Å². The van der Waals surface area contributed by atoms with Gasteiger partial charge in [-0.25, -0.2) is 4.79 Å². The number of carbonyl (C=O) groups is 4. The summed E-state index contributed by atoms with van der Waals surface area (Å²) in [4.78, 5) is 58.3. The molecule has 2 aliphatic rings. The molecule has 5 rings (SSSR count). The second kappa shape index (κ2) is 8.78. The van der Waals surface area contributed by atoms with Gasteiger partial charge in [0, 0.05) is 24.4 Å². The second-order valence-electron chi connectivity index (χ2n) is 10.4. The molecule has 204 valence electrons. The van der Waals surface area contributed by atoms with Gasteiger partial charge in [0.15, 0.2) is 11.1 Å². The summed E-state index contributed by atoms with van der Waals surface area (Å²) >= 11 is 0. The first-order valence-corrected chi connectivity index (χ1v) is 11.9. The van der Waals surface area contributed by atoms with E-state index in [4.69, 9.17) is 13.9 Å².